The summed E-state index contributed by atoms with van der Waals surface area (Å²) in [6.45, 7) is 5.42. The Kier molecular flexibility index (Phi) is 10.6. The molecule has 39 heavy (non-hydrogen) atoms. The van der Waals surface area contributed by atoms with Crippen LogP contribution in [0.4, 0.5) is 5.69 Å². The van der Waals surface area contributed by atoms with E-state index in [0.29, 0.717) is 40.2 Å². The standard InChI is InChI=1S/C28H31Cl2N3O5S/c1-4-31-28(35)20(3)32(18-21-11-12-22(29)17-26(21)30)27(34)19-33(23-9-7-6-8-10-23)39(36,37)25-15-13-24(14-16-25)38-5-2/h6-17,20H,4-5,18-19H2,1-3H3,(H,31,35)/t20-/m0/s1. The molecular formula is C28H31Cl2N3O5S. The molecule has 208 valence electrons. The van der Waals surface area contributed by atoms with E-state index in [1.165, 1.54) is 17.0 Å². The van der Waals surface area contributed by atoms with Gasteiger partial charge in [-0.05, 0) is 74.9 Å². The van der Waals surface area contributed by atoms with Crippen molar-refractivity contribution < 1.29 is 22.7 Å². The van der Waals surface area contributed by atoms with Gasteiger partial charge in [0.25, 0.3) is 10.0 Å². The second-order valence-electron chi connectivity index (χ2n) is 8.58. The highest BCUT2D eigenvalue weighted by Gasteiger charge is 2.32. The second kappa shape index (κ2) is 13.7. The van der Waals surface area contributed by atoms with Crippen molar-refractivity contribution in [2.24, 2.45) is 0 Å². The normalized spacial score (nSPS) is 11.9. The molecule has 2 amide bonds. The molecule has 0 fully saturated rings. The molecule has 0 aliphatic carbocycles. The van der Waals surface area contributed by atoms with Gasteiger partial charge in [-0.15, -0.1) is 0 Å². The van der Waals surface area contributed by atoms with Gasteiger partial charge in [0.15, 0.2) is 0 Å². The Balaban J connectivity index is 2.01. The van der Waals surface area contributed by atoms with Crippen LogP contribution in [-0.4, -0.2) is 50.9 Å². The van der Waals surface area contributed by atoms with Crippen LogP contribution in [0.5, 0.6) is 5.75 Å². The molecule has 8 nitrogen and oxygen atoms in total. The van der Waals surface area contributed by atoms with Crippen LogP contribution in [0, 0.1) is 0 Å². The number of ether oxygens (including phenoxy) is 1. The fourth-order valence-electron chi connectivity index (χ4n) is 3.86. The number of nitrogens with one attached hydrogen (secondary N) is 1. The number of amides is 2. The minimum absolute atomic E-state index is 0.00771. The van der Waals surface area contributed by atoms with Gasteiger partial charge in [-0.2, -0.15) is 0 Å². The molecule has 3 aromatic rings. The molecule has 0 saturated heterocycles. The number of para-hydroxylation sites is 1. The number of hydrogen-bond acceptors (Lipinski definition) is 5. The number of likely N-dealkylation sites (N-methyl/N-ethyl adjacent to an activating group) is 1. The van der Waals surface area contributed by atoms with Gasteiger partial charge in [-0.1, -0.05) is 47.5 Å². The number of rotatable bonds is 12. The zero-order chi connectivity index (χ0) is 28.6. The van der Waals surface area contributed by atoms with Crippen LogP contribution in [0.2, 0.25) is 10.0 Å². The Morgan fingerprint density at radius 1 is 0.974 bits per heavy atom. The molecule has 0 aliphatic rings. The molecule has 0 aliphatic heterocycles. The van der Waals surface area contributed by atoms with E-state index in [-0.39, 0.29) is 17.3 Å². The highest BCUT2D eigenvalue weighted by Crippen LogP contribution is 2.27. The summed E-state index contributed by atoms with van der Waals surface area (Å²) in [4.78, 5) is 27.9. The number of carbonyl (C=O) groups is 2. The van der Waals surface area contributed by atoms with Gasteiger partial charge >= 0.3 is 0 Å². The third-order valence-electron chi connectivity index (χ3n) is 5.92. The molecule has 1 atom stereocenters. The SMILES string of the molecule is CCNC(=O)[C@H](C)N(Cc1ccc(Cl)cc1Cl)C(=O)CN(c1ccccc1)S(=O)(=O)c1ccc(OCC)cc1. The molecule has 0 radical (unpaired) electrons. The predicted octanol–water partition coefficient (Wildman–Crippen LogP) is 5.14. The van der Waals surface area contributed by atoms with Gasteiger partial charge in [0.05, 0.1) is 17.2 Å². The van der Waals surface area contributed by atoms with Crippen LogP contribution in [-0.2, 0) is 26.2 Å². The highest BCUT2D eigenvalue weighted by molar-refractivity contribution is 7.92. The number of sulfonamides is 1. The van der Waals surface area contributed by atoms with Gasteiger partial charge in [0, 0.05) is 23.1 Å². The lowest BCUT2D eigenvalue weighted by molar-refractivity contribution is -0.139. The van der Waals surface area contributed by atoms with Gasteiger partial charge in [0.1, 0.15) is 18.3 Å². The van der Waals surface area contributed by atoms with Crippen LogP contribution in [0.25, 0.3) is 0 Å². The van der Waals surface area contributed by atoms with Crippen molar-refractivity contribution in [2.75, 3.05) is 24.0 Å². The molecule has 0 bridgehead atoms. The molecule has 11 heteroatoms. The van der Waals surface area contributed by atoms with Crippen molar-refractivity contribution in [3.05, 3.63) is 88.4 Å². The van der Waals surface area contributed by atoms with Crippen molar-refractivity contribution in [3.8, 4) is 5.75 Å². The number of anilines is 1. The molecule has 3 aromatic carbocycles. The van der Waals surface area contributed by atoms with Crippen LogP contribution in [0.15, 0.2) is 77.7 Å². The summed E-state index contributed by atoms with van der Waals surface area (Å²) in [6.07, 6.45) is 0. The van der Waals surface area contributed by atoms with Crippen LogP contribution in [0.3, 0.4) is 0 Å². The number of carbonyl (C=O) groups excluding carboxylic acids is 2. The van der Waals surface area contributed by atoms with Crippen molar-refractivity contribution in [3.63, 3.8) is 0 Å². The predicted molar refractivity (Wildman–Crippen MR) is 154 cm³/mol. The van der Waals surface area contributed by atoms with Crippen LogP contribution in [0.1, 0.15) is 26.3 Å². The minimum atomic E-state index is -4.17. The van der Waals surface area contributed by atoms with Crippen LogP contribution >= 0.6 is 23.2 Å². The van der Waals surface area contributed by atoms with Crippen molar-refractivity contribution in [1.29, 1.82) is 0 Å². The highest BCUT2D eigenvalue weighted by atomic mass is 35.5. The summed E-state index contributed by atoms with van der Waals surface area (Å²) in [5.41, 5.74) is 0.862. The van der Waals surface area contributed by atoms with E-state index in [1.54, 1.807) is 74.5 Å². The fourth-order valence-corrected chi connectivity index (χ4v) is 5.75. The lowest BCUT2D eigenvalue weighted by Crippen LogP contribution is -2.51. The maximum Gasteiger partial charge on any atom is 0.264 e. The van der Waals surface area contributed by atoms with Gasteiger partial charge < -0.3 is 15.0 Å². The molecule has 1 N–H and O–H groups in total. The Hall–Kier alpha value is -3.27. The van der Waals surface area contributed by atoms with E-state index in [4.69, 9.17) is 27.9 Å². The summed E-state index contributed by atoms with van der Waals surface area (Å²) >= 11 is 12.4. The molecular weight excluding hydrogens is 561 g/mol. The monoisotopic (exact) mass is 591 g/mol. The lowest BCUT2D eigenvalue weighted by atomic mass is 10.1. The van der Waals surface area contributed by atoms with E-state index in [9.17, 15) is 18.0 Å². The van der Waals surface area contributed by atoms with E-state index in [1.807, 2.05) is 6.92 Å². The summed E-state index contributed by atoms with van der Waals surface area (Å²) in [7, 11) is -4.17. The van der Waals surface area contributed by atoms with Gasteiger partial charge in [0.2, 0.25) is 11.8 Å². The first-order chi connectivity index (χ1) is 18.6. The number of hydrogen-bond donors (Lipinski definition) is 1. The molecule has 0 spiro atoms. The quantitative estimate of drug-likeness (QED) is 0.314. The molecule has 0 aromatic heterocycles. The summed E-state index contributed by atoms with van der Waals surface area (Å²) in [5.74, 6) is -0.435. The summed E-state index contributed by atoms with van der Waals surface area (Å²) in [6, 6.07) is 18.3. The first kappa shape index (κ1) is 30.3. The lowest BCUT2D eigenvalue weighted by Gasteiger charge is -2.32. The topological polar surface area (TPSA) is 96.0 Å². The van der Waals surface area contributed by atoms with E-state index in [0.717, 1.165) is 4.31 Å². The Morgan fingerprint density at radius 2 is 1.64 bits per heavy atom. The maximum atomic E-state index is 13.8. The average Bonchev–Trinajstić information content (AvgIpc) is 2.92. The van der Waals surface area contributed by atoms with Crippen molar-refractivity contribution in [1.82, 2.24) is 10.2 Å². The number of nitrogens with zero attached hydrogens (tertiary/aromatic N) is 2. The Morgan fingerprint density at radius 3 is 2.23 bits per heavy atom. The molecule has 0 heterocycles. The molecule has 0 unspecified atom stereocenters. The second-order valence-corrected chi connectivity index (χ2v) is 11.3. The number of benzene rings is 3. The fraction of sp³-hybridized carbons (Fsp3) is 0.286. The first-order valence-electron chi connectivity index (χ1n) is 12.4. The zero-order valence-corrected chi connectivity index (χ0v) is 24.3. The summed E-state index contributed by atoms with van der Waals surface area (Å²) < 4.78 is 34.1. The van der Waals surface area contributed by atoms with Crippen molar-refractivity contribution in [2.45, 2.75) is 38.3 Å². The van der Waals surface area contributed by atoms with E-state index < -0.39 is 28.5 Å². The molecule has 3 rings (SSSR count). The van der Waals surface area contributed by atoms with Gasteiger partial charge in [-0.3, -0.25) is 13.9 Å². The van der Waals surface area contributed by atoms with Gasteiger partial charge in [-0.25, -0.2) is 8.42 Å². The smallest absolute Gasteiger partial charge is 0.264 e. The third kappa shape index (κ3) is 7.65. The number of halogens is 2. The minimum Gasteiger partial charge on any atom is -0.494 e. The van der Waals surface area contributed by atoms with E-state index in [2.05, 4.69) is 5.32 Å². The Bertz CT molecular complexity index is 1390. The molecule has 0 saturated carbocycles. The van der Waals surface area contributed by atoms with E-state index >= 15 is 0 Å². The van der Waals surface area contributed by atoms with Crippen molar-refractivity contribution >= 4 is 50.7 Å². The Labute approximate surface area is 239 Å². The summed E-state index contributed by atoms with van der Waals surface area (Å²) in [5, 5.41) is 3.47. The zero-order valence-electron chi connectivity index (χ0n) is 21.9. The maximum absolute atomic E-state index is 13.8. The first-order valence-corrected chi connectivity index (χ1v) is 14.6. The third-order valence-corrected chi connectivity index (χ3v) is 8.29. The average molecular weight is 593 g/mol. The largest absolute Gasteiger partial charge is 0.494 e. The van der Waals surface area contributed by atoms with Crippen LogP contribution < -0.4 is 14.4 Å².